The molecule has 0 aliphatic carbocycles. The Bertz CT molecular complexity index is 475. The van der Waals surface area contributed by atoms with Gasteiger partial charge in [-0.15, -0.1) is 22.9 Å². The van der Waals surface area contributed by atoms with Gasteiger partial charge in [-0.1, -0.05) is 23.2 Å². The van der Waals surface area contributed by atoms with Crippen molar-refractivity contribution in [1.82, 2.24) is 0 Å². The zero-order chi connectivity index (χ0) is 11.0. The van der Waals surface area contributed by atoms with Crippen LogP contribution in [0.25, 0.3) is 0 Å². The van der Waals surface area contributed by atoms with Gasteiger partial charge in [-0.05, 0) is 24.6 Å². The van der Waals surface area contributed by atoms with E-state index in [1.54, 1.807) is 12.3 Å². The molecule has 0 aliphatic heterocycles. The highest BCUT2D eigenvalue weighted by Crippen LogP contribution is 2.41. The number of halogens is 3. The molecule has 15 heavy (non-hydrogen) atoms. The molecule has 1 nitrogen and oxygen atoms in total. The Morgan fingerprint density at radius 3 is 2.60 bits per heavy atom. The normalized spacial score (nSPS) is 13.1. The molecule has 1 unspecified atom stereocenters. The van der Waals surface area contributed by atoms with Crippen molar-refractivity contribution in [3.63, 3.8) is 0 Å². The zero-order valence-corrected chi connectivity index (χ0v) is 10.8. The summed E-state index contributed by atoms with van der Waals surface area (Å²) in [6.45, 7) is 1.94. The monoisotopic (exact) mass is 280 g/mol. The van der Waals surface area contributed by atoms with Crippen LogP contribution in [0.2, 0.25) is 8.67 Å². The maximum absolute atomic E-state index is 6.27. The molecular formula is C10H7Cl3OS. The van der Waals surface area contributed by atoms with Crippen molar-refractivity contribution < 1.29 is 4.42 Å². The minimum absolute atomic E-state index is 0.378. The fourth-order valence-electron chi connectivity index (χ4n) is 1.31. The zero-order valence-electron chi connectivity index (χ0n) is 7.76. The lowest BCUT2D eigenvalue weighted by atomic mass is 10.1. The fraction of sp³-hybridized carbons (Fsp3) is 0.200. The van der Waals surface area contributed by atoms with Crippen molar-refractivity contribution in [1.29, 1.82) is 0 Å². The third-order valence-electron chi connectivity index (χ3n) is 2.09. The first-order valence-electron chi connectivity index (χ1n) is 4.22. The number of furan rings is 1. The fourth-order valence-corrected chi connectivity index (χ4v) is 3.36. The predicted molar refractivity (Wildman–Crippen MR) is 65.5 cm³/mol. The summed E-state index contributed by atoms with van der Waals surface area (Å²) in [5, 5.41) is -0.378. The lowest BCUT2D eigenvalue weighted by molar-refractivity contribution is 0.514. The highest BCUT2D eigenvalue weighted by Gasteiger charge is 2.21. The van der Waals surface area contributed by atoms with Crippen LogP contribution in [0.4, 0.5) is 0 Å². The van der Waals surface area contributed by atoms with Gasteiger partial charge in [0, 0.05) is 5.56 Å². The number of alkyl halides is 1. The van der Waals surface area contributed by atoms with Crippen molar-refractivity contribution in [3.05, 3.63) is 44.0 Å². The molecule has 2 aromatic heterocycles. The van der Waals surface area contributed by atoms with Crippen LogP contribution >= 0.6 is 46.1 Å². The summed E-state index contributed by atoms with van der Waals surface area (Å²) in [7, 11) is 0. The van der Waals surface area contributed by atoms with Gasteiger partial charge in [-0.25, -0.2) is 0 Å². The molecule has 5 heteroatoms. The van der Waals surface area contributed by atoms with Gasteiger partial charge in [-0.2, -0.15) is 0 Å². The van der Waals surface area contributed by atoms with E-state index in [4.69, 9.17) is 39.2 Å². The topological polar surface area (TPSA) is 13.1 Å². The van der Waals surface area contributed by atoms with E-state index in [9.17, 15) is 0 Å². The summed E-state index contributed by atoms with van der Waals surface area (Å²) in [5.74, 6) is 0.716. The smallest absolute Gasteiger partial charge is 0.129 e. The molecule has 2 aromatic rings. The van der Waals surface area contributed by atoms with Gasteiger partial charge in [0.05, 0.1) is 14.9 Å². The average Bonchev–Trinajstić information content (AvgIpc) is 2.71. The highest BCUT2D eigenvalue weighted by molar-refractivity contribution is 7.20. The molecule has 2 heterocycles. The number of rotatable bonds is 2. The number of aryl methyl sites for hydroxylation is 1. The molecule has 0 saturated heterocycles. The third-order valence-corrected chi connectivity index (χ3v) is 4.04. The van der Waals surface area contributed by atoms with Crippen LogP contribution in [-0.4, -0.2) is 0 Å². The van der Waals surface area contributed by atoms with Crippen molar-refractivity contribution in [2.75, 3.05) is 0 Å². The van der Waals surface area contributed by atoms with Crippen LogP contribution in [0, 0.1) is 6.92 Å². The molecule has 0 aromatic carbocycles. The van der Waals surface area contributed by atoms with E-state index in [-0.39, 0.29) is 5.38 Å². The van der Waals surface area contributed by atoms with Gasteiger partial charge >= 0.3 is 0 Å². The lowest BCUT2D eigenvalue weighted by Crippen LogP contribution is -1.91. The maximum atomic E-state index is 6.27. The van der Waals surface area contributed by atoms with E-state index in [0.717, 1.165) is 11.1 Å². The Morgan fingerprint density at radius 1 is 1.40 bits per heavy atom. The van der Waals surface area contributed by atoms with Crippen LogP contribution in [0.3, 0.4) is 0 Å². The van der Waals surface area contributed by atoms with Crippen LogP contribution in [0.5, 0.6) is 0 Å². The molecule has 0 spiro atoms. The number of hydrogen-bond donors (Lipinski definition) is 0. The van der Waals surface area contributed by atoms with Gasteiger partial charge in [0.15, 0.2) is 0 Å². The van der Waals surface area contributed by atoms with E-state index in [1.165, 1.54) is 11.3 Å². The van der Waals surface area contributed by atoms with Crippen molar-refractivity contribution in [2.24, 2.45) is 0 Å². The minimum Gasteiger partial charge on any atom is -0.467 e. The number of thiophene rings is 1. The highest BCUT2D eigenvalue weighted by atomic mass is 35.5. The van der Waals surface area contributed by atoms with Crippen LogP contribution < -0.4 is 0 Å². The summed E-state index contributed by atoms with van der Waals surface area (Å²) in [4.78, 5) is 0. The molecule has 0 radical (unpaired) electrons. The largest absolute Gasteiger partial charge is 0.467 e. The van der Waals surface area contributed by atoms with Gasteiger partial charge in [-0.3, -0.25) is 0 Å². The van der Waals surface area contributed by atoms with Crippen LogP contribution in [0.1, 0.15) is 22.3 Å². The summed E-state index contributed by atoms with van der Waals surface area (Å²) in [5.41, 5.74) is 1.81. The maximum Gasteiger partial charge on any atom is 0.129 e. The molecule has 0 fully saturated rings. The Kier molecular flexibility index (Phi) is 3.31. The standard InChI is InChI=1S/C10H7Cl3OS/c1-5-2-3-14-9(5)8(12)6-4-7(11)15-10(6)13/h2-4,8H,1H3. The van der Waals surface area contributed by atoms with Gasteiger partial charge in [0.1, 0.15) is 11.1 Å². The molecule has 80 valence electrons. The summed E-state index contributed by atoms with van der Waals surface area (Å²) in [6, 6.07) is 3.64. The predicted octanol–water partition coefficient (Wildman–Crippen LogP) is 5.28. The van der Waals surface area contributed by atoms with Gasteiger partial charge in [0.2, 0.25) is 0 Å². The van der Waals surface area contributed by atoms with E-state index >= 15 is 0 Å². The van der Waals surface area contributed by atoms with Crippen LogP contribution in [0.15, 0.2) is 22.8 Å². The number of hydrogen-bond acceptors (Lipinski definition) is 2. The van der Waals surface area contributed by atoms with E-state index < -0.39 is 0 Å². The molecule has 0 aliphatic rings. The SMILES string of the molecule is Cc1ccoc1C(Cl)c1cc(Cl)sc1Cl. The van der Waals surface area contributed by atoms with Crippen molar-refractivity contribution in [2.45, 2.75) is 12.3 Å². The quantitative estimate of drug-likeness (QED) is 0.682. The first kappa shape index (κ1) is 11.3. The Morgan fingerprint density at radius 2 is 2.13 bits per heavy atom. The minimum atomic E-state index is -0.378. The average molecular weight is 282 g/mol. The molecule has 0 amide bonds. The third kappa shape index (κ3) is 2.18. The van der Waals surface area contributed by atoms with Gasteiger partial charge in [0.25, 0.3) is 0 Å². The molecular weight excluding hydrogens is 275 g/mol. The Hall–Kier alpha value is -0.150. The van der Waals surface area contributed by atoms with Crippen molar-refractivity contribution in [3.8, 4) is 0 Å². The first-order chi connectivity index (χ1) is 7.09. The summed E-state index contributed by atoms with van der Waals surface area (Å²) >= 11 is 19.4. The lowest BCUT2D eigenvalue weighted by Gasteiger charge is -2.06. The summed E-state index contributed by atoms with van der Waals surface area (Å²) < 4.78 is 6.55. The second-order valence-electron chi connectivity index (χ2n) is 3.11. The van der Waals surface area contributed by atoms with Gasteiger partial charge < -0.3 is 4.42 Å². The van der Waals surface area contributed by atoms with E-state index in [1.807, 2.05) is 13.0 Å². The first-order valence-corrected chi connectivity index (χ1v) is 6.23. The molecule has 0 bridgehead atoms. The molecule has 0 N–H and O–H groups in total. The van der Waals surface area contributed by atoms with Crippen molar-refractivity contribution >= 4 is 46.1 Å². The molecule has 0 saturated carbocycles. The van der Waals surface area contributed by atoms with E-state index in [2.05, 4.69) is 0 Å². The molecule has 1 atom stereocenters. The van der Waals surface area contributed by atoms with E-state index in [0.29, 0.717) is 14.4 Å². The van der Waals surface area contributed by atoms with Crippen LogP contribution in [-0.2, 0) is 0 Å². The Labute approximate surface area is 107 Å². The Balaban J connectivity index is 2.40. The summed E-state index contributed by atoms with van der Waals surface area (Å²) in [6.07, 6.45) is 1.61. The second-order valence-corrected chi connectivity index (χ2v) is 5.83. The second kappa shape index (κ2) is 4.38. The molecule has 2 rings (SSSR count).